The molecule has 2 aromatic carbocycles. The van der Waals surface area contributed by atoms with E-state index in [1.165, 1.54) is 4.31 Å². The highest BCUT2D eigenvalue weighted by Crippen LogP contribution is 2.27. The molecule has 0 aliphatic heterocycles. The molecule has 3 N–H and O–H groups in total. The number of anilines is 3. The summed E-state index contributed by atoms with van der Waals surface area (Å²) in [7, 11) is -3.59. The maximum Gasteiger partial charge on any atom is 0.243 e. The third-order valence-corrected chi connectivity index (χ3v) is 6.79. The molecule has 0 aliphatic rings. The molecule has 1 amide bonds. The molecule has 0 saturated heterocycles. The topological polar surface area (TPSA) is 90.5 Å². The fourth-order valence-corrected chi connectivity index (χ4v) is 4.72. The van der Waals surface area contributed by atoms with Gasteiger partial charge in [-0.05, 0) is 43.3 Å². The highest BCUT2D eigenvalue weighted by Gasteiger charge is 2.22. The minimum atomic E-state index is -3.59. The molecule has 29 heavy (non-hydrogen) atoms. The van der Waals surface area contributed by atoms with Gasteiger partial charge < -0.3 is 16.0 Å². The lowest BCUT2D eigenvalue weighted by Gasteiger charge is -2.20. The molecule has 0 spiro atoms. The molecular formula is C20H27BrN4O3S. The van der Waals surface area contributed by atoms with Gasteiger partial charge in [0.15, 0.2) is 0 Å². The third-order valence-electron chi connectivity index (χ3n) is 4.25. The maximum atomic E-state index is 12.8. The summed E-state index contributed by atoms with van der Waals surface area (Å²) in [5, 5.41) is 9.04. The van der Waals surface area contributed by atoms with Gasteiger partial charge in [-0.2, -0.15) is 4.31 Å². The van der Waals surface area contributed by atoms with Gasteiger partial charge in [-0.25, -0.2) is 8.42 Å². The van der Waals surface area contributed by atoms with Crippen LogP contribution in [-0.4, -0.2) is 44.8 Å². The smallest absolute Gasteiger partial charge is 0.243 e. The van der Waals surface area contributed by atoms with Crippen LogP contribution in [0.25, 0.3) is 0 Å². The highest BCUT2D eigenvalue weighted by atomic mass is 79.9. The second-order valence-electron chi connectivity index (χ2n) is 6.24. The van der Waals surface area contributed by atoms with Crippen LogP contribution in [0.5, 0.6) is 0 Å². The lowest BCUT2D eigenvalue weighted by molar-refractivity contribution is -0.114. The van der Waals surface area contributed by atoms with Crippen LogP contribution >= 0.6 is 15.9 Å². The monoisotopic (exact) mass is 482 g/mol. The van der Waals surface area contributed by atoms with Gasteiger partial charge in [0.25, 0.3) is 0 Å². The van der Waals surface area contributed by atoms with Crippen LogP contribution in [0.15, 0.2) is 51.8 Å². The zero-order valence-electron chi connectivity index (χ0n) is 16.8. The summed E-state index contributed by atoms with van der Waals surface area (Å²) in [6.07, 6.45) is 0. The number of hydrogen-bond acceptors (Lipinski definition) is 5. The average molecular weight is 483 g/mol. The van der Waals surface area contributed by atoms with Gasteiger partial charge in [-0.1, -0.05) is 35.8 Å². The number of nitrogens with one attached hydrogen (secondary N) is 3. The van der Waals surface area contributed by atoms with Crippen molar-refractivity contribution in [3.8, 4) is 0 Å². The number of carbonyl (C=O) groups is 1. The van der Waals surface area contributed by atoms with Crippen LogP contribution < -0.4 is 16.0 Å². The van der Waals surface area contributed by atoms with E-state index >= 15 is 0 Å². The van der Waals surface area contributed by atoms with Crippen molar-refractivity contribution in [1.29, 1.82) is 0 Å². The molecule has 158 valence electrons. The number of carbonyl (C=O) groups excluding carboxylic acids is 1. The first kappa shape index (κ1) is 23.2. The Morgan fingerprint density at radius 2 is 1.72 bits per heavy atom. The van der Waals surface area contributed by atoms with Crippen molar-refractivity contribution in [2.24, 2.45) is 0 Å². The van der Waals surface area contributed by atoms with Gasteiger partial charge in [0.2, 0.25) is 15.9 Å². The molecule has 0 fully saturated rings. The van der Waals surface area contributed by atoms with E-state index in [2.05, 4.69) is 31.9 Å². The van der Waals surface area contributed by atoms with E-state index in [0.717, 1.165) is 10.2 Å². The number of amides is 1. The fraction of sp³-hybridized carbons (Fsp3) is 0.350. The van der Waals surface area contributed by atoms with Gasteiger partial charge in [-0.3, -0.25) is 4.79 Å². The van der Waals surface area contributed by atoms with Gasteiger partial charge >= 0.3 is 0 Å². The molecule has 0 aliphatic carbocycles. The minimum Gasteiger partial charge on any atom is -0.384 e. The van der Waals surface area contributed by atoms with E-state index in [1.807, 2.05) is 19.1 Å². The fourth-order valence-electron chi connectivity index (χ4n) is 2.83. The Balaban J connectivity index is 2.20. The summed E-state index contributed by atoms with van der Waals surface area (Å²) in [5.41, 5.74) is 1.97. The molecule has 0 bridgehead atoms. The summed E-state index contributed by atoms with van der Waals surface area (Å²) < 4.78 is 27.9. The van der Waals surface area contributed by atoms with Crippen molar-refractivity contribution < 1.29 is 13.2 Å². The number of rotatable bonds is 10. The first-order valence-electron chi connectivity index (χ1n) is 9.49. The molecule has 2 rings (SSSR count). The first-order valence-corrected chi connectivity index (χ1v) is 11.7. The predicted molar refractivity (Wildman–Crippen MR) is 122 cm³/mol. The molecule has 0 aromatic heterocycles. The molecule has 0 heterocycles. The van der Waals surface area contributed by atoms with Crippen LogP contribution in [0.4, 0.5) is 17.1 Å². The van der Waals surface area contributed by atoms with Gasteiger partial charge in [0.05, 0.1) is 22.8 Å². The second-order valence-corrected chi connectivity index (χ2v) is 9.09. The molecule has 7 nitrogen and oxygen atoms in total. The standard InChI is InChI=1S/C20H27BrN4O3S/c1-4-22-18-11-10-17(29(27,28)25(5-2)6-3)13-19(18)23-14-20(26)24-16-9-7-8-15(21)12-16/h7-13,22-23H,4-6,14H2,1-3H3,(H,24,26). The summed E-state index contributed by atoms with van der Waals surface area (Å²) in [4.78, 5) is 12.5. The Labute approximate surface area is 181 Å². The SMILES string of the molecule is CCNc1ccc(S(=O)(=O)N(CC)CC)cc1NCC(=O)Nc1cccc(Br)c1. The van der Waals surface area contributed by atoms with Crippen molar-refractivity contribution in [3.63, 3.8) is 0 Å². The van der Waals surface area contributed by atoms with Crippen molar-refractivity contribution in [2.45, 2.75) is 25.7 Å². The Morgan fingerprint density at radius 1 is 1.00 bits per heavy atom. The van der Waals surface area contributed by atoms with Crippen molar-refractivity contribution in [1.82, 2.24) is 4.31 Å². The molecule has 0 saturated carbocycles. The van der Waals surface area contributed by atoms with E-state index in [4.69, 9.17) is 0 Å². The number of hydrogen-bond donors (Lipinski definition) is 3. The zero-order chi connectivity index (χ0) is 21.4. The molecule has 2 aromatic rings. The first-order chi connectivity index (χ1) is 13.8. The van der Waals surface area contributed by atoms with E-state index in [0.29, 0.717) is 31.0 Å². The van der Waals surface area contributed by atoms with E-state index < -0.39 is 10.0 Å². The molecule has 0 atom stereocenters. The summed E-state index contributed by atoms with van der Waals surface area (Å²) >= 11 is 3.37. The van der Waals surface area contributed by atoms with Crippen molar-refractivity contribution in [3.05, 3.63) is 46.9 Å². The van der Waals surface area contributed by atoms with Crippen LogP contribution in [0.3, 0.4) is 0 Å². The number of sulfonamides is 1. The predicted octanol–water partition coefficient (Wildman–Crippen LogP) is 3.96. The molecule has 9 heteroatoms. The summed E-state index contributed by atoms with van der Waals surface area (Å²) in [5.74, 6) is -0.234. The lowest BCUT2D eigenvalue weighted by Crippen LogP contribution is -2.30. The van der Waals surface area contributed by atoms with Crippen molar-refractivity contribution in [2.75, 3.05) is 42.1 Å². The number of nitrogens with zero attached hydrogens (tertiary/aromatic N) is 1. The van der Waals surface area contributed by atoms with E-state index in [1.54, 1.807) is 44.2 Å². The largest absolute Gasteiger partial charge is 0.384 e. The second kappa shape index (κ2) is 10.6. The number of benzene rings is 2. The number of halogens is 1. The van der Waals surface area contributed by atoms with Crippen LogP contribution in [-0.2, 0) is 14.8 Å². The van der Waals surface area contributed by atoms with E-state index in [9.17, 15) is 13.2 Å². The quantitative estimate of drug-likeness (QED) is 0.476. The summed E-state index contributed by atoms with van der Waals surface area (Å²) in [6, 6.07) is 12.2. The Bertz CT molecular complexity index is 946. The maximum absolute atomic E-state index is 12.8. The molecular weight excluding hydrogens is 456 g/mol. The highest BCUT2D eigenvalue weighted by molar-refractivity contribution is 9.10. The Morgan fingerprint density at radius 3 is 2.34 bits per heavy atom. The lowest BCUT2D eigenvalue weighted by atomic mass is 10.2. The summed E-state index contributed by atoms with van der Waals surface area (Å²) in [6.45, 7) is 7.02. The van der Waals surface area contributed by atoms with Gasteiger partial charge in [-0.15, -0.1) is 0 Å². The van der Waals surface area contributed by atoms with E-state index in [-0.39, 0.29) is 17.3 Å². The van der Waals surface area contributed by atoms with Gasteiger partial charge in [0.1, 0.15) is 0 Å². The van der Waals surface area contributed by atoms with Crippen LogP contribution in [0.1, 0.15) is 20.8 Å². The molecule has 0 unspecified atom stereocenters. The minimum absolute atomic E-state index is 0.000319. The Hall–Kier alpha value is -2.10. The normalized spacial score (nSPS) is 11.3. The zero-order valence-corrected chi connectivity index (χ0v) is 19.2. The molecule has 0 radical (unpaired) electrons. The third kappa shape index (κ3) is 6.19. The average Bonchev–Trinajstić information content (AvgIpc) is 2.68. The van der Waals surface area contributed by atoms with Gasteiger partial charge in [0, 0.05) is 29.8 Å². The Kier molecular flexibility index (Phi) is 8.48. The van der Waals surface area contributed by atoms with Crippen LogP contribution in [0.2, 0.25) is 0 Å². The van der Waals surface area contributed by atoms with Crippen molar-refractivity contribution >= 4 is 48.9 Å². The van der Waals surface area contributed by atoms with Crippen LogP contribution in [0, 0.1) is 0 Å².